The predicted octanol–water partition coefficient (Wildman–Crippen LogP) is 2.82. The van der Waals surface area contributed by atoms with E-state index in [0.717, 1.165) is 12.8 Å². The zero-order chi connectivity index (χ0) is 11.1. The van der Waals surface area contributed by atoms with Gasteiger partial charge in [0.05, 0.1) is 5.38 Å². The summed E-state index contributed by atoms with van der Waals surface area (Å²) in [7, 11) is 0. The smallest absolute Gasteiger partial charge is 0.251 e. The first-order valence-electron chi connectivity index (χ1n) is 5.21. The van der Waals surface area contributed by atoms with Gasteiger partial charge in [-0.25, -0.2) is 0 Å². The summed E-state index contributed by atoms with van der Waals surface area (Å²) in [6.45, 7) is 2.61. The van der Waals surface area contributed by atoms with E-state index in [2.05, 4.69) is 12.2 Å². The molecule has 0 heterocycles. The molecule has 1 aromatic carbocycles. The van der Waals surface area contributed by atoms with Crippen molar-refractivity contribution < 1.29 is 4.79 Å². The Morgan fingerprint density at radius 3 is 2.67 bits per heavy atom. The minimum atomic E-state index is -0.0580. The second-order valence-electron chi connectivity index (χ2n) is 3.46. The zero-order valence-corrected chi connectivity index (χ0v) is 9.63. The van der Waals surface area contributed by atoms with E-state index in [9.17, 15) is 4.79 Å². The summed E-state index contributed by atoms with van der Waals surface area (Å²) in [5, 5.41) is 2.84. The van der Waals surface area contributed by atoms with Gasteiger partial charge in [0.25, 0.3) is 5.91 Å². The maximum atomic E-state index is 11.6. The van der Waals surface area contributed by atoms with Gasteiger partial charge in [-0.2, -0.15) is 0 Å². The van der Waals surface area contributed by atoms with Crippen molar-refractivity contribution in [3.05, 3.63) is 35.9 Å². The molecule has 0 aliphatic rings. The van der Waals surface area contributed by atoms with E-state index in [1.165, 1.54) is 0 Å². The summed E-state index contributed by atoms with van der Waals surface area (Å²) in [5.74, 6) is -0.0580. The maximum Gasteiger partial charge on any atom is 0.251 e. The van der Waals surface area contributed by atoms with E-state index in [1.807, 2.05) is 18.2 Å². The van der Waals surface area contributed by atoms with Gasteiger partial charge in [0, 0.05) is 12.1 Å². The summed E-state index contributed by atoms with van der Waals surface area (Å²) in [5.41, 5.74) is 0.679. The van der Waals surface area contributed by atoms with Crippen LogP contribution < -0.4 is 5.32 Å². The number of carbonyl (C=O) groups is 1. The Morgan fingerprint density at radius 2 is 2.07 bits per heavy atom. The first kappa shape index (κ1) is 12.1. The molecule has 1 atom stereocenters. The van der Waals surface area contributed by atoms with Gasteiger partial charge in [-0.05, 0) is 18.6 Å². The molecule has 0 saturated heterocycles. The lowest BCUT2D eigenvalue weighted by atomic mass is 10.2. The lowest BCUT2D eigenvalue weighted by molar-refractivity contribution is 0.0953. The quantitative estimate of drug-likeness (QED) is 0.768. The van der Waals surface area contributed by atoms with Crippen LogP contribution in [0.1, 0.15) is 30.1 Å². The molecule has 0 bridgehead atoms. The number of amides is 1. The van der Waals surface area contributed by atoms with Crippen molar-refractivity contribution in [3.8, 4) is 0 Å². The molecule has 82 valence electrons. The van der Waals surface area contributed by atoms with E-state index < -0.39 is 0 Å². The van der Waals surface area contributed by atoms with Crippen molar-refractivity contribution in [2.75, 3.05) is 6.54 Å². The number of hydrogen-bond acceptors (Lipinski definition) is 1. The normalized spacial score (nSPS) is 12.1. The fraction of sp³-hybridized carbons (Fsp3) is 0.417. The third-order valence-electron chi connectivity index (χ3n) is 2.12. The van der Waals surface area contributed by atoms with E-state index in [-0.39, 0.29) is 11.3 Å². The van der Waals surface area contributed by atoms with Crippen LogP contribution >= 0.6 is 11.6 Å². The summed E-state index contributed by atoms with van der Waals surface area (Å²) in [4.78, 5) is 11.6. The third-order valence-corrected chi connectivity index (χ3v) is 2.49. The van der Waals surface area contributed by atoms with Crippen LogP contribution in [-0.4, -0.2) is 17.8 Å². The molecule has 0 aliphatic carbocycles. The Bertz CT molecular complexity index is 300. The predicted molar refractivity (Wildman–Crippen MR) is 63.3 cm³/mol. The van der Waals surface area contributed by atoms with Crippen LogP contribution in [0.5, 0.6) is 0 Å². The number of halogens is 1. The van der Waals surface area contributed by atoms with Crippen molar-refractivity contribution in [1.82, 2.24) is 5.32 Å². The molecule has 2 nitrogen and oxygen atoms in total. The Balaban J connectivity index is 2.37. The van der Waals surface area contributed by atoms with E-state index >= 15 is 0 Å². The molecule has 0 aliphatic heterocycles. The third kappa shape index (κ3) is 4.34. The van der Waals surface area contributed by atoms with Crippen molar-refractivity contribution >= 4 is 17.5 Å². The van der Waals surface area contributed by atoms with E-state index in [4.69, 9.17) is 11.6 Å². The Labute approximate surface area is 95.6 Å². The molecular weight excluding hydrogens is 210 g/mol. The largest absolute Gasteiger partial charge is 0.351 e. The highest BCUT2D eigenvalue weighted by atomic mass is 35.5. The van der Waals surface area contributed by atoms with E-state index in [0.29, 0.717) is 12.1 Å². The van der Waals surface area contributed by atoms with Gasteiger partial charge in [0.15, 0.2) is 0 Å². The minimum absolute atomic E-state index is 0.0302. The van der Waals surface area contributed by atoms with Gasteiger partial charge in [-0.1, -0.05) is 31.5 Å². The molecule has 1 N–H and O–H groups in total. The maximum absolute atomic E-state index is 11.6. The Hall–Kier alpha value is -1.02. The second-order valence-corrected chi connectivity index (χ2v) is 4.08. The average molecular weight is 226 g/mol. The molecule has 1 amide bonds. The van der Waals surface area contributed by atoms with Crippen LogP contribution in [-0.2, 0) is 0 Å². The molecule has 0 spiro atoms. The Morgan fingerprint density at radius 1 is 1.40 bits per heavy atom. The van der Waals surface area contributed by atoms with Crippen LogP contribution in [0.3, 0.4) is 0 Å². The van der Waals surface area contributed by atoms with Crippen LogP contribution in [0, 0.1) is 0 Å². The summed E-state index contributed by atoms with van der Waals surface area (Å²) in [6, 6.07) is 9.16. The van der Waals surface area contributed by atoms with E-state index in [1.54, 1.807) is 12.1 Å². The highest BCUT2D eigenvalue weighted by molar-refractivity contribution is 6.20. The number of benzene rings is 1. The van der Waals surface area contributed by atoms with Crippen molar-refractivity contribution in [3.63, 3.8) is 0 Å². The number of carbonyl (C=O) groups excluding carboxylic acids is 1. The fourth-order valence-electron chi connectivity index (χ4n) is 1.31. The average Bonchev–Trinajstić information content (AvgIpc) is 2.27. The van der Waals surface area contributed by atoms with Gasteiger partial charge in [-0.3, -0.25) is 4.79 Å². The Kier molecular flexibility index (Phi) is 5.19. The lowest BCUT2D eigenvalue weighted by Gasteiger charge is -2.09. The van der Waals surface area contributed by atoms with Gasteiger partial charge < -0.3 is 5.32 Å². The monoisotopic (exact) mass is 225 g/mol. The standard InChI is InChI=1S/C12H16ClNO/c1-2-6-11(13)9-14-12(15)10-7-4-3-5-8-10/h3-5,7-8,11H,2,6,9H2,1H3,(H,14,15). The van der Waals surface area contributed by atoms with Gasteiger partial charge >= 0.3 is 0 Å². The number of hydrogen-bond donors (Lipinski definition) is 1. The van der Waals surface area contributed by atoms with Crippen LogP contribution in [0.2, 0.25) is 0 Å². The van der Waals surface area contributed by atoms with Crippen molar-refractivity contribution in [2.24, 2.45) is 0 Å². The van der Waals surface area contributed by atoms with Crippen LogP contribution in [0.25, 0.3) is 0 Å². The zero-order valence-electron chi connectivity index (χ0n) is 8.87. The lowest BCUT2D eigenvalue weighted by Crippen LogP contribution is -2.29. The molecular formula is C12H16ClNO. The molecule has 0 saturated carbocycles. The van der Waals surface area contributed by atoms with Gasteiger partial charge in [0.1, 0.15) is 0 Å². The molecule has 1 aromatic rings. The highest BCUT2D eigenvalue weighted by Crippen LogP contribution is 2.04. The highest BCUT2D eigenvalue weighted by Gasteiger charge is 2.07. The molecule has 3 heteroatoms. The first-order chi connectivity index (χ1) is 7.24. The second kappa shape index (κ2) is 6.46. The minimum Gasteiger partial charge on any atom is -0.351 e. The molecule has 0 aromatic heterocycles. The van der Waals surface area contributed by atoms with Crippen LogP contribution in [0.15, 0.2) is 30.3 Å². The summed E-state index contributed by atoms with van der Waals surface area (Å²) >= 11 is 6.00. The number of nitrogens with one attached hydrogen (secondary N) is 1. The van der Waals surface area contributed by atoms with Crippen LogP contribution in [0.4, 0.5) is 0 Å². The van der Waals surface area contributed by atoms with Gasteiger partial charge in [-0.15, -0.1) is 11.6 Å². The van der Waals surface area contributed by atoms with Crippen molar-refractivity contribution in [2.45, 2.75) is 25.1 Å². The van der Waals surface area contributed by atoms with Gasteiger partial charge in [0.2, 0.25) is 0 Å². The topological polar surface area (TPSA) is 29.1 Å². The summed E-state index contributed by atoms with van der Waals surface area (Å²) < 4.78 is 0. The van der Waals surface area contributed by atoms with Crippen molar-refractivity contribution in [1.29, 1.82) is 0 Å². The summed E-state index contributed by atoms with van der Waals surface area (Å²) in [6.07, 6.45) is 1.96. The molecule has 15 heavy (non-hydrogen) atoms. The molecule has 0 fully saturated rings. The molecule has 0 radical (unpaired) electrons. The number of alkyl halides is 1. The molecule has 1 rings (SSSR count). The fourth-order valence-corrected chi connectivity index (χ4v) is 1.61. The SMILES string of the molecule is CCCC(Cl)CNC(=O)c1ccccc1. The number of rotatable bonds is 5. The first-order valence-corrected chi connectivity index (χ1v) is 5.65. The molecule has 1 unspecified atom stereocenters.